The molecule has 1 heterocycles. The van der Waals surface area contributed by atoms with Gasteiger partial charge in [0.2, 0.25) is 11.8 Å². The number of nitrogens with one attached hydrogen (secondary N) is 1. The van der Waals surface area contributed by atoms with Gasteiger partial charge in [0.1, 0.15) is 12.1 Å². The molecule has 0 radical (unpaired) electrons. The van der Waals surface area contributed by atoms with Gasteiger partial charge in [0.05, 0.1) is 5.88 Å². The quantitative estimate of drug-likeness (QED) is 0.761. The van der Waals surface area contributed by atoms with E-state index in [0.29, 0.717) is 24.5 Å². The molecular formula is C13H22N2O4S. The Labute approximate surface area is 123 Å². The van der Waals surface area contributed by atoms with Crippen molar-refractivity contribution in [3.8, 4) is 0 Å². The normalized spacial score (nSPS) is 21.4. The van der Waals surface area contributed by atoms with E-state index in [1.54, 1.807) is 13.8 Å². The van der Waals surface area contributed by atoms with Crippen molar-refractivity contribution in [2.45, 2.75) is 45.7 Å². The van der Waals surface area contributed by atoms with Gasteiger partial charge in [0, 0.05) is 12.2 Å². The fourth-order valence-electron chi connectivity index (χ4n) is 2.04. The second kappa shape index (κ2) is 7.52. The van der Waals surface area contributed by atoms with E-state index < -0.39 is 18.1 Å². The Balaban J connectivity index is 2.73. The Hall–Kier alpha value is -1.24. The predicted molar refractivity (Wildman–Crippen MR) is 77.3 cm³/mol. The van der Waals surface area contributed by atoms with Gasteiger partial charge >= 0.3 is 5.97 Å². The zero-order valence-corrected chi connectivity index (χ0v) is 12.9. The zero-order valence-electron chi connectivity index (χ0n) is 12.1. The van der Waals surface area contributed by atoms with E-state index in [-0.39, 0.29) is 17.7 Å². The lowest BCUT2D eigenvalue weighted by atomic mass is 9.99. The summed E-state index contributed by atoms with van der Waals surface area (Å²) < 4.78 is 0. The van der Waals surface area contributed by atoms with Crippen LogP contribution in [0.3, 0.4) is 0 Å². The third-order valence-corrected chi connectivity index (χ3v) is 4.60. The number of aliphatic carboxylic acids is 1. The van der Waals surface area contributed by atoms with E-state index in [0.717, 1.165) is 0 Å². The minimum atomic E-state index is -1.04. The van der Waals surface area contributed by atoms with Crippen molar-refractivity contribution in [1.82, 2.24) is 10.2 Å². The highest BCUT2D eigenvalue weighted by molar-refractivity contribution is 7.99. The van der Waals surface area contributed by atoms with E-state index in [1.165, 1.54) is 16.7 Å². The standard InChI is InChI=1S/C13H22N2O4S/c1-4-8(3)11(13(18)19)14-12(17)9-6-20-7-15(9)10(16)5-2/h8-9,11H,4-7H2,1-3H3,(H,14,17)(H,18,19)/t8-,9?,11-/m0/s1. The van der Waals surface area contributed by atoms with E-state index in [4.69, 9.17) is 0 Å². The van der Waals surface area contributed by atoms with Crippen LogP contribution in [0, 0.1) is 5.92 Å². The van der Waals surface area contributed by atoms with E-state index in [1.807, 2.05) is 6.92 Å². The average molecular weight is 302 g/mol. The van der Waals surface area contributed by atoms with Crippen molar-refractivity contribution in [3.05, 3.63) is 0 Å². The first-order chi connectivity index (χ1) is 9.42. The Morgan fingerprint density at radius 1 is 1.40 bits per heavy atom. The molecule has 0 spiro atoms. The maximum absolute atomic E-state index is 12.2. The molecule has 6 nitrogen and oxygen atoms in total. The topological polar surface area (TPSA) is 86.7 Å². The largest absolute Gasteiger partial charge is 0.480 e. The number of carbonyl (C=O) groups is 3. The molecule has 0 aromatic rings. The van der Waals surface area contributed by atoms with Gasteiger partial charge in [-0.1, -0.05) is 27.2 Å². The summed E-state index contributed by atoms with van der Waals surface area (Å²) in [6.07, 6.45) is 1.01. The van der Waals surface area contributed by atoms with Gasteiger partial charge in [-0.2, -0.15) is 0 Å². The summed E-state index contributed by atoms with van der Waals surface area (Å²) in [5.74, 6) is -0.626. The van der Waals surface area contributed by atoms with Gasteiger partial charge in [-0.3, -0.25) is 9.59 Å². The van der Waals surface area contributed by atoms with Crippen molar-refractivity contribution >= 4 is 29.5 Å². The molecule has 2 N–H and O–H groups in total. The third kappa shape index (κ3) is 3.88. The maximum atomic E-state index is 12.2. The number of rotatable bonds is 6. The molecule has 0 saturated carbocycles. The van der Waals surface area contributed by atoms with Crippen LogP contribution in [0.15, 0.2) is 0 Å². The van der Waals surface area contributed by atoms with Crippen LogP contribution >= 0.6 is 11.8 Å². The third-order valence-electron chi connectivity index (χ3n) is 3.58. The second-order valence-electron chi connectivity index (χ2n) is 4.94. The summed E-state index contributed by atoms with van der Waals surface area (Å²) in [7, 11) is 0. The lowest BCUT2D eigenvalue weighted by Crippen LogP contribution is -2.53. The SMILES string of the molecule is CCC(=O)N1CSCC1C(=O)N[C@H](C(=O)O)[C@@H](C)CC. The molecule has 2 amide bonds. The van der Waals surface area contributed by atoms with Crippen LogP contribution in [-0.4, -0.2) is 51.5 Å². The highest BCUT2D eigenvalue weighted by Crippen LogP contribution is 2.22. The van der Waals surface area contributed by atoms with Gasteiger partial charge in [-0.15, -0.1) is 11.8 Å². The zero-order chi connectivity index (χ0) is 15.3. The number of hydrogen-bond donors (Lipinski definition) is 2. The van der Waals surface area contributed by atoms with Gasteiger partial charge in [0.25, 0.3) is 0 Å². The highest BCUT2D eigenvalue weighted by Gasteiger charge is 2.36. The summed E-state index contributed by atoms with van der Waals surface area (Å²) in [6.45, 7) is 5.42. The molecule has 1 fully saturated rings. The van der Waals surface area contributed by atoms with E-state index in [2.05, 4.69) is 5.32 Å². The molecule has 0 aliphatic carbocycles. The molecule has 0 aromatic carbocycles. The van der Waals surface area contributed by atoms with Crippen LogP contribution in [0.4, 0.5) is 0 Å². The van der Waals surface area contributed by atoms with Crippen molar-refractivity contribution < 1.29 is 19.5 Å². The van der Waals surface area contributed by atoms with Crippen LogP contribution < -0.4 is 5.32 Å². The summed E-state index contributed by atoms with van der Waals surface area (Å²) in [5.41, 5.74) is 0. The Bertz CT molecular complexity index is 389. The van der Waals surface area contributed by atoms with E-state index >= 15 is 0 Å². The molecule has 0 bridgehead atoms. The molecule has 1 aliphatic heterocycles. The molecule has 1 saturated heterocycles. The Kier molecular flexibility index (Phi) is 6.32. The molecule has 7 heteroatoms. The number of nitrogens with zero attached hydrogens (tertiary/aromatic N) is 1. The number of amides is 2. The van der Waals surface area contributed by atoms with Crippen LogP contribution in [0.5, 0.6) is 0 Å². The van der Waals surface area contributed by atoms with Gasteiger partial charge in [-0.25, -0.2) is 4.79 Å². The summed E-state index contributed by atoms with van der Waals surface area (Å²) >= 11 is 1.51. The van der Waals surface area contributed by atoms with Gasteiger partial charge in [0.15, 0.2) is 0 Å². The molecule has 1 aliphatic rings. The van der Waals surface area contributed by atoms with Crippen molar-refractivity contribution in [2.24, 2.45) is 5.92 Å². The fourth-order valence-corrected chi connectivity index (χ4v) is 3.22. The number of hydrogen-bond acceptors (Lipinski definition) is 4. The van der Waals surface area contributed by atoms with Gasteiger partial charge in [-0.05, 0) is 5.92 Å². The lowest BCUT2D eigenvalue weighted by Gasteiger charge is -2.26. The summed E-state index contributed by atoms with van der Waals surface area (Å²) in [4.78, 5) is 36.7. The first-order valence-electron chi connectivity index (χ1n) is 6.82. The molecule has 114 valence electrons. The van der Waals surface area contributed by atoms with Crippen LogP contribution in [0.25, 0.3) is 0 Å². The smallest absolute Gasteiger partial charge is 0.326 e. The number of carbonyl (C=O) groups excluding carboxylic acids is 2. The monoisotopic (exact) mass is 302 g/mol. The first kappa shape index (κ1) is 16.8. The fraction of sp³-hybridized carbons (Fsp3) is 0.769. The molecule has 1 rings (SSSR count). The molecule has 20 heavy (non-hydrogen) atoms. The average Bonchev–Trinajstić information content (AvgIpc) is 2.91. The first-order valence-corrected chi connectivity index (χ1v) is 7.98. The summed E-state index contributed by atoms with van der Waals surface area (Å²) in [6, 6.07) is -1.46. The molecule has 1 unspecified atom stereocenters. The maximum Gasteiger partial charge on any atom is 0.326 e. The minimum absolute atomic E-state index is 0.0782. The number of carboxylic acids is 1. The van der Waals surface area contributed by atoms with Crippen molar-refractivity contribution in [3.63, 3.8) is 0 Å². The second-order valence-corrected chi connectivity index (χ2v) is 5.94. The minimum Gasteiger partial charge on any atom is -0.480 e. The summed E-state index contributed by atoms with van der Waals surface area (Å²) in [5, 5.41) is 11.8. The predicted octanol–water partition coefficient (Wildman–Crippen LogP) is 0.913. The van der Waals surface area contributed by atoms with Gasteiger partial charge < -0.3 is 15.3 Å². The molecule has 0 aromatic heterocycles. The van der Waals surface area contributed by atoms with Crippen molar-refractivity contribution in [1.29, 1.82) is 0 Å². The van der Waals surface area contributed by atoms with Crippen LogP contribution in [0.1, 0.15) is 33.6 Å². The number of carboxylic acid groups (broad SMARTS) is 1. The Morgan fingerprint density at radius 3 is 2.55 bits per heavy atom. The van der Waals surface area contributed by atoms with Crippen LogP contribution in [-0.2, 0) is 14.4 Å². The molecule has 3 atom stereocenters. The van der Waals surface area contributed by atoms with Crippen molar-refractivity contribution in [2.75, 3.05) is 11.6 Å². The highest BCUT2D eigenvalue weighted by atomic mass is 32.2. The van der Waals surface area contributed by atoms with Crippen LogP contribution in [0.2, 0.25) is 0 Å². The number of thioether (sulfide) groups is 1. The lowest BCUT2D eigenvalue weighted by molar-refractivity contribution is -0.145. The van der Waals surface area contributed by atoms with E-state index in [9.17, 15) is 19.5 Å². The molecular weight excluding hydrogens is 280 g/mol. The Morgan fingerprint density at radius 2 is 2.05 bits per heavy atom.